The maximum atomic E-state index is 10.7. The van der Waals surface area contributed by atoms with Gasteiger partial charge in [0.2, 0.25) is 0 Å². The molecule has 0 aromatic carbocycles. The highest BCUT2D eigenvalue weighted by Gasteiger charge is 2.57. The minimum atomic E-state index is -1.21. The number of rotatable bonds is 4. The van der Waals surface area contributed by atoms with Crippen LogP contribution in [0.15, 0.2) is 0 Å². The number of carbonyl (C=O) groups is 2. The van der Waals surface area contributed by atoms with Gasteiger partial charge in [0, 0.05) is 6.42 Å². The first-order valence-corrected chi connectivity index (χ1v) is 3.56. The summed E-state index contributed by atoms with van der Waals surface area (Å²) in [7, 11) is 0. The Morgan fingerprint density at radius 3 is 2.67 bits per heavy atom. The van der Waals surface area contributed by atoms with Crippen LogP contribution in [0.1, 0.15) is 12.8 Å². The van der Waals surface area contributed by atoms with Gasteiger partial charge in [-0.15, -0.1) is 0 Å². The molecule has 1 aliphatic carbocycles. The van der Waals surface area contributed by atoms with Gasteiger partial charge in [-0.1, -0.05) is 0 Å². The molecule has 0 saturated heterocycles. The Hall–Kier alpha value is -1.23. The van der Waals surface area contributed by atoms with Crippen molar-refractivity contribution in [1.29, 1.82) is 5.41 Å². The number of Topliss-reactive ketones (excluding diaryl/α,β-unsaturated/α-hetero) is 1. The van der Waals surface area contributed by atoms with E-state index >= 15 is 0 Å². The fourth-order valence-electron chi connectivity index (χ4n) is 1.17. The Balaban J connectivity index is 2.47. The van der Waals surface area contributed by atoms with E-state index in [9.17, 15) is 9.59 Å². The summed E-state index contributed by atoms with van der Waals surface area (Å²) in [6, 6.07) is 0. The molecule has 5 heteroatoms. The van der Waals surface area contributed by atoms with Gasteiger partial charge in [-0.2, -0.15) is 0 Å². The van der Waals surface area contributed by atoms with Crippen molar-refractivity contribution in [3.63, 3.8) is 0 Å². The SMILES string of the molecule is N=CC(=O)C[C@@H]1CC1(N)C(=O)O. The fraction of sp³-hybridized carbons (Fsp3) is 0.571. The van der Waals surface area contributed by atoms with Crippen molar-refractivity contribution in [2.24, 2.45) is 11.7 Å². The first-order valence-electron chi connectivity index (χ1n) is 3.56. The van der Waals surface area contributed by atoms with Crippen molar-refractivity contribution in [3.8, 4) is 0 Å². The van der Waals surface area contributed by atoms with E-state index in [0.717, 1.165) is 0 Å². The summed E-state index contributed by atoms with van der Waals surface area (Å²) in [6.07, 6.45) is 1.11. The molecule has 0 aromatic rings. The summed E-state index contributed by atoms with van der Waals surface area (Å²) < 4.78 is 0. The Morgan fingerprint density at radius 1 is 1.75 bits per heavy atom. The largest absolute Gasteiger partial charge is 0.480 e. The van der Waals surface area contributed by atoms with Crippen LogP contribution in [0.5, 0.6) is 0 Å². The highest BCUT2D eigenvalue weighted by atomic mass is 16.4. The molecule has 4 N–H and O–H groups in total. The van der Waals surface area contributed by atoms with E-state index in [1.165, 1.54) is 0 Å². The predicted octanol–water partition coefficient (Wildman–Crippen LogP) is -0.603. The Morgan fingerprint density at radius 2 is 2.33 bits per heavy atom. The molecule has 0 amide bonds. The third-order valence-electron chi connectivity index (χ3n) is 2.16. The van der Waals surface area contributed by atoms with Crippen LogP contribution in [-0.4, -0.2) is 28.6 Å². The molecule has 1 saturated carbocycles. The van der Waals surface area contributed by atoms with Gasteiger partial charge in [-0.05, 0) is 12.3 Å². The van der Waals surface area contributed by atoms with E-state index in [-0.39, 0.29) is 18.1 Å². The fourth-order valence-corrected chi connectivity index (χ4v) is 1.17. The van der Waals surface area contributed by atoms with E-state index in [1.54, 1.807) is 0 Å². The van der Waals surface area contributed by atoms with Gasteiger partial charge in [0.25, 0.3) is 0 Å². The van der Waals surface area contributed by atoms with Crippen molar-refractivity contribution >= 4 is 18.0 Å². The zero-order valence-corrected chi connectivity index (χ0v) is 6.41. The van der Waals surface area contributed by atoms with Crippen molar-refractivity contribution < 1.29 is 14.7 Å². The number of carbonyl (C=O) groups excluding carboxylic acids is 1. The first-order chi connectivity index (χ1) is 5.50. The topological polar surface area (TPSA) is 104 Å². The lowest BCUT2D eigenvalue weighted by Crippen LogP contribution is -2.35. The lowest BCUT2D eigenvalue weighted by molar-refractivity contribution is -0.140. The second kappa shape index (κ2) is 2.67. The summed E-state index contributed by atoms with van der Waals surface area (Å²) in [4.78, 5) is 21.2. The average Bonchev–Trinajstić information content (AvgIpc) is 2.63. The molecule has 1 rings (SSSR count). The van der Waals surface area contributed by atoms with E-state index in [2.05, 4.69) is 0 Å². The highest BCUT2D eigenvalue weighted by molar-refractivity contribution is 6.26. The number of nitrogens with two attached hydrogens (primary N) is 1. The summed E-state index contributed by atoms with van der Waals surface area (Å²) in [5.74, 6) is -1.72. The molecule has 0 aromatic heterocycles. The molecule has 0 heterocycles. The number of carboxylic acids is 1. The van der Waals surface area contributed by atoms with Crippen molar-refractivity contribution in [1.82, 2.24) is 0 Å². The molecule has 1 unspecified atom stereocenters. The molecule has 5 nitrogen and oxygen atoms in total. The monoisotopic (exact) mass is 170 g/mol. The Kier molecular flexibility index (Phi) is 1.97. The van der Waals surface area contributed by atoms with Crippen LogP contribution < -0.4 is 5.73 Å². The lowest BCUT2D eigenvalue weighted by Gasteiger charge is -2.02. The van der Waals surface area contributed by atoms with Gasteiger partial charge >= 0.3 is 5.97 Å². The summed E-state index contributed by atoms with van der Waals surface area (Å²) >= 11 is 0. The number of nitrogens with one attached hydrogen (secondary N) is 1. The molecule has 0 spiro atoms. The van der Waals surface area contributed by atoms with E-state index in [1.807, 2.05) is 0 Å². The molecule has 12 heavy (non-hydrogen) atoms. The maximum Gasteiger partial charge on any atom is 0.323 e. The van der Waals surface area contributed by atoms with Gasteiger partial charge in [0.15, 0.2) is 5.78 Å². The van der Waals surface area contributed by atoms with Gasteiger partial charge < -0.3 is 16.2 Å². The highest BCUT2D eigenvalue weighted by Crippen LogP contribution is 2.43. The first kappa shape index (κ1) is 8.86. The standard InChI is InChI=1S/C7H10N2O3/c8-3-5(10)1-4-2-7(4,9)6(11)12/h3-4,8H,1-2,9H2,(H,11,12)/t4-,7?/m1/s1. The number of hydrogen-bond donors (Lipinski definition) is 3. The molecule has 1 fully saturated rings. The van der Waals surface area contributed by atoms with Gasteiger partial charge in [-0.3, -0.25) is 9.59 Å². The van der Waals surface area contributed by atoms with Crippen LogP contribution in [0.2, 0.25) is 0 Å². The second-order valence-corrected chi connectivity index (χ2v) is 3.06. The summed E-state index contributed by atoms with van der Waals surface area (Å²) in [5, 5.41) is 15.2. The zero-order valence-electron chi connectivity index (χ0n) is 6.41. The van der Waals surface area contributed by atoms with E-state index in [0.29, 0.717) is 12.6 Å². The molecular weight excluding hydrogens is 160 g/mol. The van der Waals surface area contributed by atoms with Crippen LogP contribution in [0.25, 0.3) is 0 Å². The summed E-state index contributed by atoms with van der Waals surface area (Å²) in [5.41, 5.74) is 4.20. The number of hydrogen-bond acceptors (Lipinski definition) is 4. The Bertz CT molecular complexity index is 251. The van der Waals surface area contributed by atoms with Crippen LogP contribution >= 0.6 is 0 Å². The minimum Gasteiger partial charge on any atom is -0.480 e. The third-order valence-corrected chi connectivity index (χ3v) is 2.16. The predicted molar refractivity (Wildman–Crippen MR) is 41.1 cm³/mol. The molecule has 0 aliphatic heterocycles. The van der Waals surface area contributed by atoms with Crippen molar-refractivity contribution in [2.45, 2.75) is 18.4 Å². The normalized spacial score (nSPS) is 32.6. The van der Waals surface area contributed by atoms with Crippen LogP contribution in [0, 0.1) is 11.3 Å². The molecule has 0 radical (unpaired) electrons. The number of ketones is 1. The van der Waals surface area contributed by atoms with Gasteiger partial charge in [0.1, 0.15) is 5.54 Å². The van der Waals surface area contributed by atoms with E-state index in [4.69, 9.17) is 16.2 Å². The molecule has 2 atom stereocenters. The lowest BCUT2D eigenvalue weighted by atomic mass is 10.1. The molecular formula is C7H10N2O3. The van der Waals surface area contributed by atoms with Crippen LogP contribution in [-0.2, 0) is 9.59 Å². The smallest absolute Gasteiger partial charge is 0.323 e. The molecule has 0 bridgehead atoms. The van der Waals surface area contributed by atoms with Crippen molar-refractivity contribution in [3.05, 3.63) is 0 Å². The Labute approximate surface area is 69.1 Å². The molecule has 1 aliphatic rings. The number of carboxylic acid groups (broad SMARTS) is 1. The van der Waals surface area contributed by atoms with Crippen LogP contribution in [0.3, 0.4) is 0 Å². The quantitative estimate of drug-likeness (QED) is 0.490. The van der Waals surface area contributed by atoms with Gasteiger partial charge in [0.05, 0.1) is 6.21 Å². The second-order valence-electron chi connectivity index (χ2n) is 3.06. The van der Waals surface area contributed by atoms with Crippen molar-refractivity contribution in [2.75, 3.05) is 0 Å². The summed E-state index contributed by atoms with van der Waals surface area (Å²) in [6.45, 7) is 0. The molecule has 66 valence electrons. The third kappa shape index (κ3) is 1.35. The average molecular weight is 170 g/mol. The van der Waals surface area contributed by atoms with Gasteiger partial charge in [-0.25, -0.2) is 0 Å². The minimum absolute atomic E-state index is 0.0757. The maximum absolute atomic E-state index is 10.7. The number of aliphatic carboxylic acids is 1. The van der Waals surface area contributed by atoms with Crippen LogP contribution in [0.4, 0.5) is 0 Å². The van der Waals surface area contributed by atoms with E-state index < -0.39 is 11.5 Å². The zero-order chi connectivity index (χ0) is 9.35.